The highest BCUT2D eigenvalue weighted by molar-refractivity contribution is 9.10. The quantitative estimate of drug-likeness (QED) is 0.717. The highest BCUT2D eigenvalue weighted by atomic mass is 79.9. The Labute approximate surface area is 130 Å². The number of aromatic nitrogens is 3. The first kappa shape index (κ1) is 13.9. The summed E-state index contributed by atoms with van der Waals surface area (Å²) >= 11 is 3.49. The molecular weight excluding hydrogens is 330 g/mol. The Morgan fingerprint density at radius 2 is 2.05 bits per heavy atom. The maximum Gasteiger partial charge on any atom is 0.348 e. The fraction of sp³-hybridized carbons (Fsp3) is 0.188. The second kappa shape index (κ2) is 5.41. The summed E-state index contributed by atoms with van der Waals surface area (Å²) in [5.41, 5.74) is 3.39. The van der Waals surface area contributed by atoms with Crippen molar-refractivity contribution in [1.82, 2.24) is 14.5 Å². The van der Waals surface area contributed by atoms with E-state index in [0.29, 0.717) is 6.54 Å². The average molecular weight is 344 g/mol. The van der Waals surface area contributed by atoms with Crippen molar-refractivity contribution in [1.29, 1.82) is 0 Å². The maximum absolute atomic E-state index is 12.1. The summed E-state index contributed by atoms with van der Waals surface area (Å²) in [6.45, 7) is 4.24. The maximum atomic E-state index is 12.1. The van der Waals surface area contributed by atoms with Crippen molar-refractivity contribution < 1.29 is 0 Å². The van der Waals surface area contributed by atoms with E-state index < -0.39 is 0 Å². The van der Waals surface area contributed by atoms with Crippen LogP contribution in [0.2, 0.25) is 0 Å². The van der Waals surface area contributed by atoms with Gasteiger partial charge in [0.2, 0.25) is 0 Å². The molecule has 0 spiro atoms. The van der Waals surface area contributed by atoms with Crippen molar-refractivity contribution in [2.24, 2.45) is 0 Å². The molecule has 0 aliphatic carbocycles. The molecule has 0 saturated heterocycles. The molecule has 3 aromatic rings. The molecule has 0 fully saturated rings. The molecule has 3 rings (SSSR count). The van der Waals surface area contributed by atoms with Gasteiger partial charge in [-0.05, 0) is 53.5 Å². The predicted molar refractivity (Wildman–Crippen MR) is 86.5 cm³/mol. The van der Waals surface area contributed by atoms with Gasteiger partial charge in [0.1, 0.15) is 0 Å². The predicted octanol–water partition coefficient (Wildman–Crippen LogP) is 3.22. The monoisotopic (exact) mass is 343 g/mol. The van der Waals surface area contributed by atoms with E-state index in [4.69, 9.17) is 0 Å². The Bertz CT molecular complexity index is 886. The summed E-state index contributed by atoms with van der Waals surface area (Å²) < 4.78 is 2.55. The molecule has 106 valence electrons. The van der Waals surface area contributed by atoms with E-state index in [1.54, 1.807) is 10.8 Å². The summed E-state index contributed by atoms with van der Waals surface area (Å²) in [5.74, 6) is 0. The third-order valence-corrected chi connectivity index (χ3v) is 4.69. The molecule has 0 N–H and O–H groups in total. The minimum atomic E-state index is -0.223. The smallest absolute Gasteiger partial charge is 0.291 e. The first-order valence-electron chi connectivity index (χ1n) is 6.63. The van der Waals surface area contributed by atoms with Crippen LogP contribution in [-0.2, 0) is 6.54 Å². The Kier molecular flexibility index (Phi) is 3.59. The molecular formula is C16H14BrN3O. The van der Waals surface area contributed by atoms with Crippen molar-refractivity contribution in [3.05, 3.63) is 68.4 Å². The highest BCUT2D eigenvalue weighted by Crippen LogP contribution is 2.19. The second-order valence-electron chi connectivity index (χ2n) is 5.00. The lowest BCUT2D eigenvalue weighted by Gasteiger charge is -2.12. The van der Waals surface area contributed by atoms with E-state index in [0.717, 1.165) is 32.3 Å². The molecule has 4 nitrogen and oxygen atoms in total. The zero-order chi connectivity index (χ0) is 15.0. The Hall–Kier alpha value is -2.01. The number of pyridine rings is 1. The summed E-state index contributed by atoms with van der Waals surface area (Å²) in [6, 6.07) is 9.96. The van der Waals surface area contributed by atoms with E-state index in [9.17, 15) is 4.79 Å². The first-order chi connectivity index (χ1) is 10.1. The fourth-order valence-corrected chi connectivity index (χ4v) is 2.67. The third kappa shape index (κ3) is 2.61. The van der Waals surface area contributed by atoms with Crippen LogP contribution in [0, 0.1) is 13.8 Å². The molecule has 21 heavy (non-hydrogen) atoms. The first-order valence-corrected chi connectivity index (χ1v) is 7.43. The molecule has 0 aliphatic heterocycles. The van der Waals surface area contributed by atoms with Gasteiger partial charge in [0, 0.05) is 17.3 Å². The van der Waals surface area contributed by atoms with E-state index in [1.807, 2.05) is 38.1 Å². The van der Waals surface area contributed by atoms with Crippen LogP contribution in [0.4, 0.5) is 0 Å². The minimum Gasteiger partial charge on any atom is -0.291 e. The van der Waals surface area contributed by atoms with Crippen molar-refractivity contribution in [3.8, 4) is 0 Å². The Morgan fingerprint density at radius 1 is 1.24 bits per heavy atom. The standard InChI is InChI=1S/C16H14BrN3O/c1-10-15(17)11(2)20(16(21)19-10)9-12-5-6-14-13(8-12)4-3-7-18-14/h3-8H,9H2,1-2H3. The molecule has 0 bridgehead atoms. The summed E-state index contributed by atoms with van der Waals surface area (Å²) in [5, 5.41) is 1.07. The lowest BCUT2D eigenvalue weighted by Crippen LogP contribution is -2.26. The molecule has 0 unspecified atom stereocenters. The Morgan fingerprint density at radius 3 is 2.86 bits per heavy atom. The van der Waals surface area contributed by atoms with Crippen LogP contribution in [0.3, 0.4) is 0 Å². The SMILES string of the molecule is Cc1nc(=O)n(Cc2ccc3ncccc3c2)c(C)c1Br. The number of fused-ring (bicyclic) bond motifs is 1. The van der Waals surface area contributed by atoms with Gasteiger partial charge >= 0.3 is 5.69 Å². The molecule has 0 saturated carbocycles. The molecule has 1 aromatic carbocycles. The lowest BCUT2D eigenvalue weighted by molar-refractivity contribution is 0.689. The van der Waals surface area contributed by atoms with Gasteiger partial charge in [-0.25, -0.2) is 4.79 Å². The van der Waals surface area contributed by atoms with Gasteiger partial charge in [-0.2, -0.15) is 4.98 Å². The topological polar surface area (TPSA) is 47.8 Å². The number of halogens is 1. The van der Waals surface area contributed by atoms with Crippen LogP contribution in [0.5, 0.6) is 0 Å². The lowest BCUT2D eigenvalue weighted by atomic mass is 10.1. The summed E-state index contributed by atoms with van der Waals surface area (Å²) in [6.07, 6.45) is 1.78. The van der Waals surface area contributed by atoms with Crippen LogP contribution >= 0.6 is 15.9 Å². The molecule has 0 amide bonds. The van der Waals surface area contributed by atoms with Gasteiger partial charge in [-0.1, -0.05) is 12.1 Å². The van der Waals surface area contributed by atoms with E-state index in [2.05, 4.69) is 32.0 Å². The van der Waals surface area contributed by atoms with Gasteiger partial charge in [-0.15, -0.1) is 0 Å². The number of hydrogen-bond donors (Lipinski definition) is 0. The van der Waals surface area contributed by atoms with E-state index in [1.165, 1.54) is 0 Å². The van der Waals surface area contributed by atoms with E-state index >= 15 is 0 Å². The third-order valence-electron chi connectivity index (χ3n) is 3.54. The van der Waals surface area contributed by atoms with Crippen LogP contribution in [0.15, 0.2) is 45.8 Å². The molecule has 0 radical (unpaired) electrons. The highest BCUT2D eigenvalue weighted by Gasteiger charge is 2.09. The van der Waals surface area contributed by atoms with Crippen LogP contribution in [0.1, 0.15) is 17.0 Å². The van der Waals surface area contributed by atoms with Gasteiger partial charge < -0.3 is 0 Å². The normalized spacial score (nSPS) is 11.0. The zero-order valence-electron chi connectivity index (χ0n) is 11.8. The van der Waals surface area contributed by atoms with Gasteiger partial charge in [0.25, 0.3) is 0 Å². The average Bonchev–Trinajstić information content (AvgIpc) is 2.49. The van der Waals surface area contributed by atoms with Gasteiger partial charge in [0.05, 0.1) is 22.2 Å². The number of rotatable bonds is 2. The largest absolute Gasteiger partial charge is 0.348 e. The number of nitrogens with zero attached hydrogens (tertiary/aromatic N) is 3. The van der Waals surface area contributed by atoms with Gasteiger partial charge in [-0.3, -0.25) is 9.55 Å². The minimum absolute atomic E-state index is 0.223. The second-order valence-corrected chi connectivity index (χ2v) is 5.79. The molecule has 5 heteroatoms. The number of hydrogen-bond acceptors (Lipinski definition) is 3. The van der Waals surface area contributed by atoms with Gasteiger partial charge in [0.15, 0.2) is 0 Å². The number of benzene rings is 1. The van der Waals surface area contributed by atoms with Crippen molar-refractivity contribution in [2.45, 2.75) is 20.4 Å². The molecule has 2 heterocycles. The summed E-state index contributed by atoms with van der Waals surface area (Å²) in [4.78, 5) is 20.4. The van der Waals surface area contributed by atoms with Crippen LogP contribution in [0.25, 0.3) is 10.9 Å². The van der Waals surface area contributed by atoms with E-state index in [-0.39, 0.29) is 5.69 Å². The zero-order valence-corrected chi connectivity index (χ0v) is 13.4. The molecule has 2 aromatic heterocycles. The van der Waals surface area contributed by atoms with Crippen molar-refractivity contribution >= 4 is 26.8 Å². The molecule has 0 aliphatic rings. The fourth-order valence-electron chi connectivity index (χ4n) is 2.37. The Balaban J connectivity index is 2.06. The van der Waals surface area contributed by atoms with Crippen LogP contribution in [-0.4, -0.2) is 14.5 Å². The molecule has 0 atom stereocenters. The number of aryl methyl sites for hydroxylation is 1. The van der Waals surface area contributed by atoms with Crippen LogP contribution < -0.4 is 5.69 Å². The summed E-state index contributed by atoms with van der Waals surface area (Å²) in [7, 11) is 0. The van der Waals surface area contributed by atoms with Crippen molar-refractivity contribution in [3.63, 3.8) is 0 Å². The van der Waals surface area contributed by atoms with Crippen molar-refractivity contribution in [2.75, 3.05) is 0 Å².